The molecule has 3 amide bonds. The van der Waals surface area contributed by atoms with E-state index in [0.717, 1.165) is 18.5 Å². The van der Waals surface area contributed by atoms with Crippen molar-refractivity contribution in [2.45, 2.75) is 31.7 Å². The van der Waals surface area contributed by atoms with Gasteiger partial charge in [-0.25, -0.2) is 9.78 Å². The molecule has 6 heteroatoms. The van der Waals surface area contributed by atoms with Crippen LogP contribution in [0.1, 0.15) is 25.0 Å². The number of nitrogens with one attached hydrogen (secondary N) is 2. The van der Waals surface area contributed by atoms with Crippen LogP contribution in [-0.2, 0) is 4.79 Å². The number of rotatable bonds is 1. The van der Waals surface area contributed by atoms with Gasteiger partial charge in [-0.2, -0.15) is 0 Å². The summed E-state index contributed by atoms with van der Waals surface area (Å²) >= 11 is 0. The van der Waals surface area contributed by atoms with E-state index in [-0.39, 0.29) is 11.9 Å². The molecule has 0 aliphatic carbocycles. The van der Waals surface area contributed by atoms with Crippen LogP contribution in [0, 0.1) is 6.92 Å². The first-order valence-electron chi connectivity index (χ1n) is 6.92. The Kier molecular flexibility index (Phi) is 3.08. The van der Waals surface area contributed by atoms with Crippen molar-refractivity contribution in [1.29, 1.82) is 0 Å². The highest BCUT2D eigenvalue weighted by Gasteiger charge is 2.52. The Morgan fingerprint density at radius 1 is 1.45 bits per heavy atom. The van der Waals surface area contributed by atoms with Gasteiger partial charge >= 0.3 is 6.03 Å². The maximum atomic E-state index is 12.4. The van der Waals surface area contributed by atoms with Crippen LogP contribution in [0.3, 0.4) is 0 Å². The molecule has 2 saturated heterocycles. The number of hydrogen-bond acceptors (Lipinski definition) is 3. The van der Waals surface area contributed by atoms with Gasteiger partial charge in [-0.3, -0.25) is 10.1 Å². The Balaban J connectivity index is 1.78. The van der Waals surface area contributed by atoms with Gasteiger partial charge in [0.1, 0.15) is 11.4 Å². The standard InChI is InChI=1S/C14H18N4O2/c1-10-4-2-5-11(16-10)17-13(20)18-9-3-6-14(18)7-8-15-12(14)19/h2,4-5H,3,6-9H2,1H3,(H,15,19)(H,16,17,20)/t14-/m0/s1. The molecule has 0 saturated carbocycles. The molecule has 6 nitrogen and oxygen atoms in total. The van der Waals surface area contributed by atoms with Gasteiger partial charge in [0.2, 0.25) is 5.91 Å². The molecule has 3 rings (SSSR count). The lowest BCUT2D eigenvalue weighted by Crippen LogP contribution is -2.53. The Labute approximate surface area is 117 Å². The molecule has 106 valence electrons. The van der Waals surface area contributed by atoms with Crippen LogP contribution in [0.15, 0.2) is 18.2 Å². The van der Waals surface area contributed by atoms with Crippen LogP contribution in [0.25, 0.3) is 0 Å². The molecular weight excluding hydrogens is 256 g/mol. The van der Waals surface area contributed by atoms with Gasteiger partial charge in [-0.1, -0.05) is 6.07 Å². The van der Waals surface area contributed by atoms with Gasteiger partial charge in [-0.05, 0) is 38.3 Å². The average Bonchev–Trinajstić information content (AvgIpc) is 2.98. The van der Waals surface area contributed by atoms with E-state index in [1.54, 1.807) is 11.0 Å². The zero-order valence-corrected chi connectivity index (χ0v) is 11.5. The minimum atomic E-state index is -0.645. The Bertz CT molecular complexity index is 556. The van der Waals surface area contributed by atoms with Crippen LogP contribution in [0.4, 0.5) is 10.6 Å². The fourth-order valence-electron chi connectivity index (χ4n) is 3.12. The quantitative estimate of drug-likeness (QED) is 0.810. The fraction of sp³-hybridized carbons (Fsp3) is 0.500. The zero-order chi connectivity index (χ0) is 14.2. The molecule has 0 radical (unpaired) electrons. The van der Waals surface area contributed by atoms with Crippen molar-refractivity contribution < 1.29 is 9.59 Å². The molecule has 1 atom stereocenters. The summed E-state index contributed by atoms with van der Waals surface area (Å²) in [7, 11) is 0. The first-order valence-corrected chi connectivity index (χ1v) is 6.92. The minimum absolute atomic E-state index is 0.0256. The molecular formula is C14H18N4O2. The van der Waals surface area contributed by atoms with E-state index in [0.29, 0.717) is 25.3 Å². The smallest absolute Gasteiger partial charge is 0.323 e. The molecule has 2 N–H and O–H groups in total. The summed E-state index contributed by atoms with van der Waals surface area (Å²) in [5.74, 6) is 0.498. The lowest BCUT2D eigenvalue weighted by atomic mass is 9.94. The lowest BCUT2D eigenvalue weighted by Gasteiger charge is -2.32. The molecule has 0 unspecified atom stereocenters. The number of likely N-dealkylation sites (tertiary alicyclic amines) is 1. The number of anilines is 1. The first-order chi connectivity index (χ1) is 9.62. The second-order valence-corrected chi connectivity index (χ2v) is 5.39. The van der Waals surface area contributed by atoms with Gasteiger partial charge in [0, 0.05) is 18.8 Å². The molecule has 3 heterocycles. The van der Waals surface area contributed by atoms with E-state index >= 15 is 0 Å². The summed E-state index contributed by atoms with van der Waals surface area (Å²) in [6, 6.07) is 5.23. The number of urea groups is 1. The van der Waals surface area contributed by atoms with Crippen molar-refractivity contribution in [2.24, 2.45) is 0 Å². The van der Waals surface area contributed by atoms with E-state index in [2.05, 4.69) is 15.6 Å². The monoisotopic (exact) mass is 274 g/mol. The van der Waals surface area contributed by atoms with Crippen LogP contribution < -0.4 is 10.6 Å². The number of pyridine rings is 1. The predicted molar refractivity (Wildman–Crippen MR) is 74.3 cm³/mol. The molecule has 1 spiro atoms. The second-order valence-electron chi connectivity index (χ2n) is 5.39. The summed E-state index contributed by atoms with van der Waals surface area (Å²) < 4.78 is 0. The Morgan fingerprint density at radius 3 is 3.00 bits per heavy atom. The number of aryl methyl sites for hydroxylation is 1. The van der Waals surface area contributed by atoms with Crippen molar-refractivity contribution in [3.05, 3.63) is 23.9 Å². The first kappa shape index (κ1) is 12.9. The van der Waals surface area contributed by atoms with Crippen LogP contribution in [0.5, 0.6) is 0 Å². The van der Waals surface area contributed by atoms with E-state index in [1.165, 1.54) is 0 Å². The van der Waals surface area contributed by atoms with Crippen molar-refractivity contribution in [3.8, 4) is 0 Å². The number of carbonyl (C=O) groups excluding carboxylic acids is 2. The largest absolute Gasteiger partial charge is 0.354 e. The van der Waals surface area contributed by atoms with Crippen LogP contribution in [-0.4, -0.2) is 40.5 Å². The molecule has 20 heavy (non-hydrogen) atoms. The number of hydrogen-bond donors (Lipinski definition) is 2. The summed E-state index contributed by atoms with van der Waals surface area (Å²) in [6.07, 6.45) is 2.30. The van der Waals surface area contributed by atoms with E-state index in [4.69, 9.17) is 0 Å². The molecule has 1 aromatic rings. The molecule has 2 aliphatic heterocycles. The average molecular weight is 274 g/mol. The van der Waals surface area contributed by atoms with Crippen molar-refractivity contribution in [1.82, 2.24) is 15.2 Å². The minimum Gasteiger partial charge on any atom is -0.354 e. The SMILES string of the molecule is Cc1cccc(NC(=O)N2CCC[C@@]23CCNC3=O)n1. The molecule has 2 fully saturated rings. The number of amides is 3. The summed E-state index contributed by atoms with van der Waals surface area (Å²) in [4.78, 5) is 30.4. The third-order valence-corrected chi connectivity index (χ3v) is 4.10. The lowest BCUT2D eigenvalue weighted by molar-refractivity contribution is -0.127. The molecule has 2 aliphatic rings. The van der Waals surface area contributed by atoms with Gasteiger partial charge in [0.25, 0.3) is 0 Å². The van der Waals surface area contributed by atoms with E-state index in [1.807, 2.05) is 19.1 Å². The Hall–Kier alpha value is -2.11. The zero-order valence-electron chi connectivity index (χ0n) is 11.5. The van der Waals surface area contributed by atoms with E-state index < -0.39 is 5.54 Å². The molecule has 0 bridgehead atoms. The van der Waals surface area contributed by atoms with Crippen LogP contribution in [0.2, 0.25) is 0 Å². The Morgan fingerprint density at radius 2 is 2.30 bits per heavy atom. The van der Waals surface area contributed by atoms with Gasteiger partial charge in [-0.15, -0.1) is 0 Å². The van der Waals surface area contributed by atoms with Crippen molar-refractivity contribution in [3.63, 3.8) is 0 Å². The highest BCUT2D eigenvalue weighted by Crippen LogP contribution is 2.35. The number of nitrogens with zero attached hydrogens (tertiary/aromatic N) is 2. The summed E-state index contributed by atoms with van der Waals surface area (Å²) in [5.41, 5.74) is 0.200. The van der Waals surface area contributed by atoms with Crippen molar-refractivity contribution >= 4 is 17.8 Å². The van der Waals surface area contributed by atoms with Crippen LogP contribution >= 0.6 is 0 Å². The molecule has 1 aromatic heterocycles. The highest BCUT2D eigenvalue weighted by molar-refractivity contribution is 5.97. The topological polar surface area (TPSA) is 74.3 Å². The molecule has 0 aromatic carbocycles. The number of carbonyl (C=O) groups is 2. The third-order valence-electron chi connectivity index (χ3n) is 4.10. The highest BCUT2D eigenvalue weighted by atomic mass is 16.2. The summed E-state index contributed by atoms with van der Waals surface area (Å²) in [5, 5.41) is 5.63. The maximum Gasteiger partial charge on any atom is 0.323 e. The second kappa shape index (κ2) is 4.77. The van der Waals surface area contributed by atoms with Gasteiger partial charge < -0.3 is 10.2 Å². The number of aromatic nitrogens is 1. The van der Waals surface area contributed by atoms with Gasteiger partial charge in [0.05, 0.1) is 0 Å². The third kappa shape index (κ3) is 2.01. The predicted octanol–water partition coefficient (Wildman–Crippen LogP) is 1.28. The fourth-order valence-corrected chi connectivity index (χ4v) is 3.12. The van der Waals surface area contributed by atoms with Gasteiger partial charge in [0.15, 0.2) is 0 Å². The van der Waals surface area contributed by atoms with Crippen molar-refractivity contribution in [2.75, 3.05) is 18.4 Å². The van der Waals surface area contributed by atoms with E-state index in [9.17, 15) is 9.59 Å². The normalized spacial score (nSPS) is 25.1. The maximum absolute atomic E-state index is 12.4. The summed E-state index contributed by atoms with van der Waals surface area (Å²) in [6.45, 7) is 3.13.